The van der Waals surface area contributed by atoms with Crippen molar-refractivity contribution in [3.63, 3.8) is 0 Å². The summed E-state index contributed by atoms with van der Waals surface area (Å²) in [4.78, 5) is 16.6. The van der Waals surface area contributed by atoms with Crippen molar-refractivity contribution in [1.82, 2.24) is 24.9 Å². The van der Waals surface area contributed by atoms with E-state index in [1.807, 2.05) is 54.3 Å². The second kappa shape index (κ2) is 9.53. The zero-order chi connectivity index (χ0) is 19.1. The van der Waals surface area contributed by atoms with Crippen LogP contribution in [0.4, 0.5) is 4.79 Å². The quantitative estimate of drug-likeness (QED) is 0.839. The van der Waals surface area contributed by atoms with E-state index in [2.05, 4.69) is 27.4 Å². The number of urea groups is 1. The van der Waals surface area contributed by atoms with Crippen LogP contribution in [-0.2, 0) is 17.8 Å². The summed E-state index contributed by atoms with van der Waals surface area (Å²) in [5.74, 6) is 0.335. The van der Waals surface area contributed by atoms with Crippen LogP contribution < -0.4 is 5.32 Å². The number of hydrogen-bond donors (Lipinski definition) is 1. The molecule has 1 aliphatic rings. The van der Waals surface area contributed by atoms with Crippen molar-refractivity contribution in [3.05, 3.63) is 53.9 Å². The lowest BCUT2D eigenvalue weighted by Gasteiger charge is -2.25. The Labute approximate surface area is 160 Å². The highest BCUT2D eigenvalue weighted by atomic mass is 16.5. The summed E-state index contributed by atoms with van der Waals surface area (Å²) < 4.78 is 7.54. The van der Waals surface area contributed by atoms with Crippen LogP contribution in [0.3, 0.4) is 0 Å². The van der Waals surface area contributed by atoms with Crippen molar-refractivity contribution >= 4 is 6.03 Å². The van der Waals surface area contributed by atoms with E-state index in [1.54, 1.807) is 0 Å². The van der Waals surface area contributed by atoms with E-state index in [1.165, 1.54) is 5.56 Å². The summed E-state index contributed by atoms with van der Waals surface area (Å²) in [5, 5.41) is 7.40. The number of hydrogen-bond acceptors (Lipinski definition) is 4. The molecule has 146 valence electrons. The number of amides is 2. The first kappa shape index (κ1) is 19.4. The Bertz CT molecular complexity index is 716. The van der Waals surface area contributed by atoms with Crippen molar-refractivity contribution in [2.75, 3.05) is 46.9 Å². The van der Waals surface area contributed by atoms with E-state index in [-0.39, 0.29) is 6.03 Å². The topological polar surface area (TPSA) is 62.6 Å². The van der Waals surface area contributed by atoms with Crippen LogP contribution in [-0.4, -0.2) is 72.6 Å². The third kappa shape index (κ3) is 6.08. The zero-order valence-electron chi connectivity index (χ0n) is 16.2. The van der Waals surface area contributed by atoms with E-state index in [9.17, 15) is 4.79 Å². The van der Waals surface area contributed by atoms with Gasteiger partial charge in [-0.2, -0.15) is 5.10 Å². The van der Waals surface area contributed by atoms with Gasteiger partial charge < -0.3 is 19.9 Å². The molecule has 2 aromatic rings. The number of rotatable bonds is 6. The summed E-state index contributed by atoms with van der Waals surface area (Å²) in [6.45, 7) is 4.75. The van der Waals surface area contributed by atoms with Crippen LogP contribution >= 0.6 is 0 Å². The number of ether oxygens (including phenoxy) is 1. The molecule has 1 aliphatic heterocycles. The molecule has 0 saturated carbocycles. The average molecular weight is 371 g/mol. The number of carbonyl (C=O) groups excluding carboxylic acids is 1. The van der Waals surface area contributed by atoms with Crippen LogP contribution in [0, 0.1) is 5.92 Å². The molecule has 0 radical (unpaired) electrons. The maximum atomic E-state index is 12.6. The Kier molecular flexibility index (Phi) is 6.84. The van der Waals surface area contributed by atoms with Gasteiger partial charge in [-0.15, -0.1) is 0 Å². The molecular formula is C20H29N5O2. The summed E-state index contributed by atoms with van der Waals surface area (Å²) in [7, 11) is 4.09. The van der Waals surface area contributed by atoms with Gasteiger partial charge in [-0.05, 0) is 19.7 Å². The molecule has 1 fully saturated rings. The van der Waals surface area contributed by atoms with E-state index >= 15 is 0 Å². The minimum absolute atomic E-state index is 0.0416. The van der Waals surface area contributed by atoms with Gasteiger partial charge in [0.1, 0.15) is 0 Å². The first-order valence-corrected chi connectivity index (χ1v) is 9.40. The summed E-state index contributed by atoms with van der Waals surface area (Å²) in [5.41, 5.74) is 2.20. The van der Waals surface area contributed by atoms with Gasteiger partial charge in [-0.25, -0.2) is 4.79 Å². The molecular weight excluding hydrogens is 342 g/mol. The first-order chi connectivity index (χ1) is 13.1. The molecule has 3 rings (SSSR count). The molecule has 1 atom stereocenters. The normalized spacial score (nSPS) is 17.7. The molecule has 0 bridgehead atoms. The smallest absolute Gasteiger partial charge is 0.317 e. The Balaban J connectivity index is 1.49. The first-order valence-electron chi connectivity index (χ1n) is 9.40. The molecule has 1 aromatic carbocycles. The molecule has 7 heteroatoms. The van der Waals surface area contributed by atoms with E-state index in [0.29, 0.717) is 32.2 Å². The average Bonchev–Trinajstić information content (AvgIpc) is 2.96. The molecule has 7 nitrogen and oxygen atoms in total. The zero-order valence-corrected chi connectivity index (χ0v) is 16.2. The fourth-order valence-electron chi connectivity index (χ4n) is 3.34. The van der Waals surface area contributed by atoms with Gasteiger partial charge in [0.2, 0.25) is 0 Å². The highest BCUT2D eigenvalue weighted by molar-refractivity contribution is 5.74. The van der Waals surface area contributed by atoms with Crippen molar-refractivity contribution in [2.45, 2.75) is 13.1 Å². The Morgan fingerprint density at radius 1 is 1.30 bits per heavy atom. The lowest BCUT2D eigenvalue weighted by Crippen LogP contribution is -2.44. The van der Waals surface area contributed by atoms with Gasteiger partial charge >= 0.3 is 6.03 Å². The number of benzene rings is 1. The summed E-state index contributed by atoms with van der Waals surface area (Å²) in [6, 6.07) is 10.2. The highest BCUT2D eigenvalue weighted by Gasteiger charge is 2.22. The Morgan fingerprint density at radius 3 is 2.89 bits per heavy atom. The summed E-state index contributed by atoms with van der Waals surface area (Å²) >= 11 is 0. The minimum atomic E-state index is -0.0416. The SMILES string of the molecule is CN(C)CC1COCCN(C(=O)NCc2cnn(Cc3ccccc3)c2)C1. The van der Waals surface area contributed by atoms with Gasteiger partial charge in [-0.3, -0.25) is 4.68 Å². The van der Waals surface area contributed by atoms with Crippen molar-refractivity contribution in [1.29, 1.82) is 0 Å². The van der Waals surface area contributed by atoms with E-state index < -0.39 is 0 Å². The van der Waals surface area contributed by atoms with Gasteiger partial charge in [0.25, 0.3) is 0 Å². The predicted molar refractivity (Wildman–Crippen MR) is 104 cm³/mol. The Hall–Kier alpha value is -2.38. The minimum Gasteiger partial charge on any atom is -0.379 e. The van der Waals surface area contributed by atoms with E-state index in [0.717, 1.165) is 25.2 Å². The molecule has 1 saturated heterocycles. The van der Waals surface area contributed by atoms with Crippen LogP contribution in [0.25, 0.3) is 0 Å². The molecule has 1 unspecified atom stereocenters. The van der Waals surface area contributed by atoms with Crippen LogP contribution in [0.15, 0.2) is 42.7 Å². The maximum Gasteiger partial charge on any atom is 0.317 e. The second-order valence-corrected chi connectivity index (χ2v) is 7.34. The number of nitrogens with zero attached hydrogens (tertiary/aromatic N) is 4. The fourth-order valence-corrected chi connectivity index (χ4v) is 3.34. The largest absolute Gasteiger partial charge is 0.379 e. The third-order valence-electron chi connectivity index (χ3n) is 4.57. The van der Waals surface area contributed by atoms with Crippen molar-refractivity contribution in [3.8, 4) is 0 Å². The van der Waals surface area contributed by atoms with Crippen LogP contribution in [0.1, 0.15) is 11.1 Å². The van der Waals surface area contributed by atoms with Gasteiger partial charge in [0, 0.05) is 43.9 Å². The standard InChI is InChI=1S/C20H29N5O2/c1-23(2)12-19-13-24(8-9-27-16-19)20(26)21-10-18-11-22-25(15-18)14-17-6-4-3-5-7-17/h3-7,11,15,19H,8-10,12-14,16H2,1-2H3,(H,21,26). The summed E-state index contributed by atoms with van der Waals surface area (Å²) in [6.07, 6.45) is 3.79. The number of nitrogens with one attached hydrogen (secondary N) is 1. The van der Waals surface area contributed by atoms with Crippen LogP contribution in [0.2, 0.25) is 0 Å². The van der Waals surface area contributed by atoms with Gasteiger partial charge in [-0.1, -0.05) is 30.3 Å². The van der Waals surface area contributed by atoms with Gasteiger partial charge in [0.15, 0.2) is 0 Å². The molecule has 2 amide bonds. The Morgan fingerprint density at radius 2 is 2.11 bits per heavy atom. The molecule has 2 heterocycles. The van der Waals surface area contributed by atoms with Crippen LogP contribution in [0.5, 0.6) is 0 Å². The fraction of sp³-hybridized carbons (Fsp3) is 0.500. The van der Waals surface area contributed by atoms with Crippen molar-refractivity contribution in [2.24, 2.45) is 5.92 Å². The highest BCUT2D eigenvalue weighted by Crippen LogP contribution is 2.09. The number of carbonyl (C=O) groups is 1. The maximum absolute atomic E-state index is 12.6. The number of aromatic nitrogens is 2. The molecule has 0 spiro atoms. The molecule has 1 N–H and O–H groups in total. The molecule has 1 aromatic heterocycles. The lowest BCUT2D eigenvalue weighted by molar-refractivity contribution is 0.112. The lowest BCUT2D eigenvalue weighted by atomic mass is 10.1. The second-order valence-electron chi connectivity index (χ2n) is 7.34. The monoisotopic (exact) mass is 371 g/mol. The third-order valence-corrected chi connectivity index (χ3v) is 4.57. The predicted octanol–water partition coefficient (Wildman–Crippen LogP) is 1.65. The van der Waals surface area contributed by atoms with Crippen molar-refractivity contribution < 1.29 is 9.53 Å². The molecule has 27 heavy (non-hydrogen) atoms. The van der Waals surface area contributed by atoms with Gasteiger partial charge in [0.05, 0.1) is 26.0 Å². The molecule has 0 aliphatic carbocycles. The van der Waals surface area contributed by atoms with E-state index in [4.69, 9.17) is 4.74 Å².